The van der Waals surface area contributed by atoms with Gasteiger partial charge in [0.25, 0.3) is 0 Å². The summed E-state index contributed by atoms with van der Waals surface area (Å²) in [6, 6.07) is 9.00. The number of Topliss-reactive ketones (excluding diaryl/α,β-unsaturated/α-hetero) is 1. The summed E-state index contributed by atoms with van der Waals surface area (Å²) in [5.74, 6) is 2.42. The highest BCUT2D eigenvalue weighted by molar-refractivity contribution is 5.90. The van der Waals surface area contributed by atoms with E-state index in [2.05, 4.69) is 4.98 Å². The highest BCUT2D eigenvalue weighted by Crippen LogP contribution is 2.37. The van der Waals surface area contributed by atoms with E-state index in [1.165, 1.54) is 0 Å². The van der Waals surface area contributed by atoms with E-state index in [-0.39, 0.29) is 17.9 Å². The zero-order chi connectivity index (χ0) is 26.5. The van der Waals surface area contributed by atoms with E-state index in [4.69, 9.17) is 28.4 Å². The Morgan fingerprint density at radius 2 is 1.26 bits per heavy atom. The van der Waals surface area contributed by atoms with Crippen molar-refractivity contribution >= 4 is 22.4 Å². The van der Waals surface area contributed by atoms with Crippen molar-refractivity contribution in [2.45, 2.75) is 13.3 Å². The molecule has 1 aromatic heterocycles. The first-order valence-electron chi connectivity index (χ1n) is 12.7. The second-order valence-electron chi connectivity index (χ2n) is 9.28. The van der Waals surface area contributed by atoms with Gasteiger partial charge in [0.2, 0.25) is 5.56 Å². The smallest absolute Gasteiger partial charge is 0.248 e. The topological polar surface area (TPSA) is 109 Å². The number of likely N-dealkylation sites (N-methyl/N-ethyl adjacent to an activating group) is 1. The van der Waals surface area contributed by atoms with E-state index in [9.17, 15) is 9.59 Å². The largest absolute Gasteiger partial charge is 0.487 e. The van der Waals surface area contributed by atoms with Crippen molar-refractivity contribution in [2.75, 3.05) is 71.3 Å². The van der Waals surface area contributed by atoms with Gasteiger partial charge in [-0.1, -0.05) is 0 Å². The summed E-state index contributed by atoms with van der Waals surface area (Å²) in [6.45, 7) is 4.88. The molecule has 0 fully saturated rings. The van der Waals surface area contributed by atoms with Crippen LogP contribution in [0.4, 0.5) is 5.69 Å². The third kappa shape index (κ3) is 6.03. The second-order valence-corrected chi connectivity index (χ2v) is 9.28. The van der Waals surface area contributed by atoms with Crippen molar-refractivity contribution in [1.29, 1.82) is 0 Å². The normalized spacial score (nSPS) is 17.4. The van der Waals surface area contributed by atoms with E-state index in [1.54, 1.807) is 12.1 Å². The number of aromatic amines is 1. The number of carbonyl (C=O) groups is 1. The molecular formula is C28H32N2O8. The molecule has 10 nitrogen and oxygen atoms in total. The SMILES string of the molecule is Cc1cc(=O)[nH]c2cc3c(cc12)OCCOCCOc1cc2c(cc1OCCOCCO3)CC(=O)CN2C. The Balaban J connectivity index is 1.29. The molecule has 0 saturated carbocycles. The number of nitrogens with zero attached hydrogens (tertiary/aromatic N) is 1. The Morgan fingerprint density at radius 1 is 0.711 bits per heavy atom. The molecule has 2 aliphatic rings. The van der Waals surface area contributed by atoms with Crippen LogP contribution in [-0.2, 0) is 20.7 Å². The van der Waals surface area contributed by atoms with Crippen molar-refractivity contribution in [3.63, 3.8) is 0 Å². The molecule has 0 saturated heterocycles. The number of ketones is 1. The van der Waals surface area contributed by atoms with Gasteiger partial charge in [-0.15, -0.1) is 0 Å². The number of hydrogen-bond donors (Lipinski definition) is 1. The average Bonchev–Trinajstić information content (AvgIpc) is 2.87. The zero-order valence-electron chi connectivity index (χ0n) is 21.7. The highest BCUT2D eigenvalue weighted by atomic mass is 16.6. The molecule has 0 spiro atoms. The maximum atomic E-state index is 12.1. The maximum Gasteiger partial charge on any atom is 0.248 e. The van der Waals surface area contributed by atoms with E-state index >= 15 is 0 Å². The molecule has 0 atom stereocenters. The molecule has 0 amide bonds. The second kappa shape index (κ2) is 11.7. The first-order valence-corrected chi connectivity index (χ1v) is 12.7. The van der Waals surface area contributed by atoms with Gasteiger partial charge in [0.1, 0.15) is 26.4 Å². The van der Waals surface area contributed by atoms with Crippen molar-refractivity contribution < 1.29 is 33.2 Å². The number of fused-ring (bicyclic) bond motifs is 4. The molecule has 0 aliphatic carbocycles. The van der Waals surface area contributed by atoms with Gasteiger partial charge in [0, 0.05) is 42.7 Å². The number of pyridine rings is 1. The van der Waals surface area contributed by atoms with Crippen LogP contribution in [-0.4, -0.2) is 77.2 Å². The van der Waals surface area contributed by atoms with Crippen LogP contribution in [0.15, 0.2) is 35.1 Å². The average molecular weight is 525 g/mol. The highest BCUT2D eigenvalue weighted by Gasteiger charge is 2.23. The van der Waals surface area contributed by atoms with Crippen LogP contribution in [0.5, 0.6) is 23.0 Å². The molecule has 5 rings (SSSR count). The number of aryl methyl sites for hydroxylation is 1. The number of H-pyrrole nitrogens is 1. The molecule has 10 heteroatoms. The molecule has 2 aliphatic heterocycles. The summed E-state index contributed by atoms with van der Waals surface area (Å²) in [5, 5.41) is 0.882. The lowest BCUT2D eigenvalue weighted by atomic mass is 10.0. The lowest BCUT2D eigenvalue weighted by molar-refractivity contribution is -0.117. The van der Waals surface area contributed by atoms with Crippen molar-refractivity contribution in [1.82, 2.24) is 4.98 Å². The number of rotatable bonds is 0. The third-order valence-corrected chi connectivity index (χ3v) is 6.41. The first kappa shape index (κ1) is 25.9. The monoisotopic (exact) mass is 524 g/mol. The number of ether oxygens (including phenoxy) is 6. The Kier molecular flexibility index (Phi) is 8.00. The molecule has 1 N–H and O–H groups in total. The fourth-order valence-electron chi connectivity index (χ4n) is 4.64. The first-order chi connectivity index (χ1) is 18.5. The van der Waals surface area contributed by atoms with Crippen LogP contribution in [0.3, 0.4) is 0 Å². The van der Waals surface area contributed by atoms with Crippen LogP contribution in [0.2, 0.25) is 0 Å². The van der Waals surface area contributed by atoms with E-state index < -0.39 is 0 Å². The summed E-state index contributed by atoms with van der Waals surface area (Å²) >= 11 is 0. The number of anilines is 1. The Hall–Kier alpha value is -3.76. The number of carbonyl (C=O) groups excluding carboxylic acids is 1. The predicted molar refractivity (Wildman–Crippen MR) is 141 cm³/mol. The minimum atomic E-state index is -0.171. The quantitative estimate of drug-likeness (QED) is 0.475. The lowest BCUT2D eigenvalue weighted by Crippen LogP contribution is -2.32. The van der Waals surface area contributed by atoms with Gasteiger partial charge in [-0.3, -0.25) is 9.59 Å². The number of nitrogens with one attached hydrogen (secondary N) is 1. The summed E-state index contributed by atoms with van der Waals surface area (Å²) < 4.78 is 35.4. The fourth-order valence-corrected chi connectivity index (χ4v) is 4.64. The Bertz CT molecular complexity index is 1370. The van der Waals surface area contributed by atoms with Gasteiger partial charge in [0.15, 0.2) is 28.8 Å². The van der Waals surface area contributed by atoms with Crippen molar-refractivity contribution in [3.05, 3.63) is 51.8 Å². The Labute approximate surface area is 220 Å². The van der Waals surface area contributed by atoms with E-state index in [0.29, 0.717) is 87.7 Å². The summed E-state index contributed by atoms with van der Waals surface area (Å²) in [7, 11) is 1.89. The number of benzene rings is 2. The third-order valence-electron chi connectivity index (χ3n) is 6.41. The maximum absolute atomic E-state index is 12.1. The van der Waals surface area contributed by atoms with Gasteiger partial charge in [0.05, 0.1) is 38.5 Å². The Morgan fingerprint density at radius 3 is 1.89 bits per heavy atom. The summed E-state index contributed by atoms with van der Waals surface area (Å²) in [4.78, 5) is 28.8. The molecule has 0 radical (unpaired) electrons. The molecule has 3 heterocycles. The minimum Gasteiger partial charge on any atom is -0.487 e. The molecular weight excluding hydrogens is 492 g/mol. The lowest BCUT2D eigenvalue weighted by Gasteiger charge is -2.28. The summed E-state index contributed by atoms with van der Waals surface area (Å²) in [6.07, 6.45) is 0.373. The van der Waals surface area contributed by atoms with Crippen LogP contribution in [0.1, 0.15) is 11.1 Å². The minimum absolute atomic E-state index is 0.163. The number of aromatic nitrogens is 1. The van der Waals surface area contributed by atoms with Crippen molar-refractivity contribution in [2.24, 2.45) is 0 Å². The van der Waals surface area contributed by atoms with Gasteiger partial charge >= 0.3 is 0 Å². The van der Waals surface area contributed by atoms with Gasteiger partial charge in [-0.05, 0) is 30.2 Å². The van der Waals surface area contributed by atoms with E-state index in [0.717, 1.165) is 22.2 Å². The molecule has 2 aromatic carbocycles. The van der Waals surface area contributed by atoms with Crippen LogP contribution >= 0.6 is 0 Å². The van der Waals surface area contributed by atoms with Gasteiger partial charge in [-0.25, -0.2) is 0 Å². The van der Waals surface area contributed by atoms with Crippen LogP contribution in [0.25, 0.3) is 10.9 Å². The van der Waals surface area contributed by atoms with Gasteiger partial charge < -0.3 is 38.3 Å². The fraction of sp³-hybridized carbons (Fsp3) is 0.429. The zero-order valence-corrected chi connectivity index (χ0v) is 21.7. The summed E-state index contributed by atoms with van der Waals surface area (Å²) in [5.41, 5.74) is 3.23. The van der Waals surface area contributed by atoms with E-state index in [1.807, 2.05) is 37.1 Å². The molecule has 3 aromatic rings. The number of hydrogen-bond acceptors (Lipinski definition) is 9. The van der Waals surface area contributed by atoms with Crippen molar-refractivity contribution in [3.8, 4) is 23.0 Å². The molecule has 0 unspecified atom stereocenters. The van der Waals surface area contributed by atoms with Gasteiger partial charge in [-0.2, -0.15) is 0 Å². The van der Waals surface area contributed by atoms with Crippen LogP contribution in [0, 0.1) is 6.92 Å². The van der Waals surface area contributed by atoms with Crippen LogP contribution < -0.4 is 29.4 Å². The molecule has 202 valence electrons. The molecule has 38 heavy (non-hydrogen) atoms. The molecule has 0 bridgehead atoms. The predicted octanol–water partition coefficient (Wildman–Crippen LogP) is 2.66. The standard InChI is InChI=1S/C28H32N2O8/c1-18-11-28(32)29-22-15-26-25(14-21(18)22)36-8-4-34-6-10-38-27-16-23-19(12-20(31)17-30(23)2)13-24(27)35-7-3-33-5-9-37-26/h11,13-16H,3-10,12,17H2,1-2H3,(H,29,32).